The van der Waals surface area contributed by atoms with Crippen LogP contribution in [-0.4, -0.2) is 4.98 Å². The average molecular weight is 384 g/mol. The fraction of sp³-hybridized carbons (Fsp3) is 0.185. The number of hydrogen-bond donors (Lipinski definition) is 1. The van der Waals surface area contributed by atoms with E-state index in [1.165, 1.54) is 5.56 Å². The molecule has 2 heteroatoms. The van der Waals surface area contributed by atoms with Crippen LogP contribution < -0.4 is 0 Å². The fourth-order valence-electron chi connectivity index (χ4n) is 4.03. The number of halogens is 1. The van der Waals surface area contributed by atoms with Gasteiger partial charge in [-0.2, -0.15) is 0 Å². The normalized spacial score (nSPS) is 11.6. The Balaban J connectivity index is 1.99. The van der Waals surface area contributed by atoms with E-state index < -0.39 is 6.67 Å². The Hall–Kier alpha value is -3.13. The molecule has 4 rings (SSSR count). The summed E-state index contributed by atoms with van der Waals surface area (Å²) < 4.78 is 13.8. The van der Waals surface area contributed by atoms with Gasteiger partial charge >= 0.3 is 0 Å². The van der Waals surface area contributed by atoms with Crippen LogP contribution in [0.5, 0.6) is 0 Å². The van der Waals surface area contributed by atoms with Crippen LogP contribution in [0.2, 0.25) is 0 Å². The third-order valence-electron chi connectivity index (χ3n) is 5.40. The van der Waals surface area contributed by atoms with Crippen LogP contribution in [0.1, 0.15) is 37.1 Å². The molecule has 3 aromatic carbocycles. The molecule has 0 unspecified atom stereocenters. The first-order valence-electron chi connectivity index (χ1n) is 10.3. The molecule has 0 saturated carbocycles. The number of aromatic nitrogens is 1. The Kier molecular flexibility index (Phi) is 5.62. The number of nitrogens with one attached hydrogen (secondary N) is 1. The Morgan fingerprint density at radius 2 is 1.66 bits per heavy atom. The van der Waals surface area contributed by atoms with Gasteiger partial charge in [-0.3, -0.25) is 0 Å². The first-order valence-corrected chi connectivity index (χ1v) is 10.3. The van der Waals surface area contributed by atoms with Crippen molar-refractivity contribution >= 4 is 17.0 Å². The van der Waals surface area contributed by atoms with Crippen LogP contribution in [0.4, 0.5) is 4.39 Å². The molecule has 0 spiro atoms. The van der Waals surface area contributed by atoms with Gasteiger partial charge in [-0.1, -0.05) is 80.1 Å². The monoisotopic (exact) mass is 383 g/mol. The standard InChI is InChI=1S/C27H26FN/c1-3-8-19-12-14-21(15-13-19)24-16-22(20-10-6-5-7-11-20)17-25-27(24)23(9-4-2)26(18-28)29-25/h4-7,9-17,29H,3,8,18H2,1-2H3/b9-4-. The highest BCUT2D eigenvalue weighted by molar-refractivity contribution is 6.04. The topological polar surface area (TPSA) is 15.8 Å². The molecule has 0 radical (unpaired) electrons. The lowest BCUT2D eigenvalue weighted by molar-refractivity contribution is 0.478. The third kappa shape index (κ3) is 3.75. The maximum atomic E-state index is 13.8. The fourth-order valence-corrected chi connectivity index (χ4v) is 4.03. The van der Waals surface area contributed by atoms with Crippen LogP contribution in [0.25, 0.3) is 39.2 Å². The molecule has 0 aliphatic heterocycles. The highest BCUT2D eigenvalue weighted by Crippen LogP contribution is 2.38. The van der Waals surface area contributed by atoms with Gasteiger partial charge in [0.15, 0.2) is 0 Å². The molecule has 29 heavy (non-hydrogen) atoms. The van der Waals surface area contributed by atoms with Gasteiger partial charge in [0.2, 0.25) is 0 Å². The van der Waals surface area contributed by atoms with Gasteiger partial charge in [0.05, 0.1) is 5.69 Å². The molecule has 0 saturated heterocycles. The van der Waals surface area contributed by atoms with Crippen LogP contribution in [-0.2, 0) is 13.1 Å². The van der Waals surface area contributed by atoms with Crippen LogP contribution >= 0.6 is 0 Å². The summed E-state index contributed by atoms with van der Waals surface area (Å²) in [6.07, 6.45) is 6.20. The summed E-state index contributed by atoms with van der Waals surface area (Å²) in [7, 11) is 0. The Morgan fingerprint density at radius 3 is 2.31 bits per heavy atom. The lowest BCUT2D eigenvalue weighted by Gasteiger charge is -2.11. The lowest BCUT2D eigenvalue weighted by atomic mass is 9.93. The quantitative estimate of drug-likeness (QED) is 0.347. The van der Waals surface area contributed by atoms with E-state index in [1.807, 2.05) is 37.3 Å². The third-order valence-corrected chi connectivity index (χ3v) is 5.40. The lowest BCUT2D eigenvalue weighted by Crippen LogP contribution is -1.87. The number of aryl methyl sites for hydroxylation is 1. The van der Waals surface area contributed by atoms with Crippen molar-refractivity contribution in [3.63, 3.8) is 0 Å². The van der Waals surface area contributed by atoms with E-state index in [4.69, 9.17) is 0 Å². The maximum Gasteiger partial charge on any atom is 0.130 e. The minimum absolute atomic E-state index is 0.510. The van der Waals surface area contributed by atoms with Gasteiger partial charge in [-0.05, 0) is 53.3 Å². The van der Waals surface area contributed by atoms with E-state index in [9.17, 15) is 4.39 Å². The minimum Gasteiger partial charge on any atom is -0.356 e. The maximum absolute atomic E-state index is 13.8. The smallest absolute Gasteiger partial charge is 0.130 e. The Morgan fingerprint density at radius 1 is 0.897 bits per heavy atom. The van der Waals surface area contributed by atoms with Gasteiger partial charge in [0.1, 0.15) is 6.67 Å². The Labute approximate surface area is 171 Å². The SMILES string of the molecule is C/C=C\c1c(CF)[nH]c2cc(-c3ccccc3)cc(-c3ccc(CCC)cc3)c12. The van der Waals surface area contributed by atoms with Crippen molar-refractivity contribution in [1.29, 1.82) is 0 Å². The number of aromatic amines is 1. The first-order chi connectivity index (χ1) is 14.2. The van der Waals surface area contributed by atoms with Crippen molar-refractivity contribution in [1.82, 2.24) is 4.98 Å². The molecule has 0 fully saturated rings. The second-order valence-electron chi connectivity index (χ2n) is 7.41. The Bertz CT molecular complexity index is 1130. The van der Waals surface area contributed by atoms with Gasteiger partial charge in [0, 0.05) is 16.5 Å². The molecule has 1 N–H and O–H groups in total. The zero-order valence-electron chi connectivity index (χ0n) is 17.0. The summed E-state index contributed by atoms with van der Waals surface area (Å²) >= 11 is 0. The molecular formula is C27H26FN. The second kappa shape index (κ2) is 8.48. The zero-order valence-corrected chi connectivity index (χ0v) is 17.0. The van der Waals surface area contributed by atoms with Crippen LogP contribution in [0.3, 0.4) is 0 Å². The van der Waals surface area contributed by atoms with Gasteiger partial charge < -0.3 is 4.98 Å². The molecule has 0 atom stereocenters. The average Bonchev–Trinajstić information content (AvgIpc) is 3.12. The van der Waals surface area contributed by atoms with Crippen molar-refractivity contribution in [2.45, 2.75) is 33.4 Å². The predicted octanol–water partition coefficient (Wildman–Crippen LogP) is 7.96. The summed E-state index contributed by atoms with van der Waals surface area (Å²) in [4.78, 5) is 3.32. The number of alkyl halides is 1. The highest BCUT2D eigenvalue weighted by Gasteiger charge is 2.16. The van der Waals surface area contributed by atoms with Crippen molar-refractivity contribution in [2.75, 3.05) is 0 Å². The van der Waals surface area contributed by atoms with Gasteiger partial charge in [-0.15, -0.1) is 0 Å². The molecule has 0 bridgehead atoms. The van der Waals surface area contributed by atoms with E-state index >= 15 is 0 Å². The van der Waals surface area contributed by atoms with E-state index in [0.717, 1.165) is 51.6 Å². The largest absolute Gasteiger partial charge is 0.356 e. The molecule has 1 aromatic heterocycles. The molecular weight excluding hydrogens is 357 g/mol. The minimum atomic E-state index is -0.510. The van der Waals surface area contributed by atoms with E-state index in [1.54, 1.807) is 0 Å². The van der Waals surface area contributed by atoms with Crippen molar-refractivity contribution in [2.24, 2.45) is 0 Å². The summed E-state index contributed by atoms with van der Waals surface area (Å²) in [6, 6.07) is 23.5. The van der Waals surface area contributed by atoms with Crippen LogP contribution in [0.15, 0.2) is 72.8 Å². The first kappa shape index (κ1) is 19.2. The number of allylic oxidation sites excluding steroid dienone is 1. The summed E-state index contributed by atoms with van der Waals surface area (Å²) in [5.41, 5.74) is 8.46. The molecule has 0 aliphatic rings. The number of hydrogen-bond acceptors (Lipinski definition) is 0. The number of rotatable bonds is 6. The van der Waals surface area contributed by atoms with E-state index in [-0.39, 0.29) is 0 Å². The zero-order chi connectivity index (χ0) is 20.2. The predicted molar refractivity (Wildman–Crippen MR) is 123 cm³/mol. The number of benzene rings is 3. The van der Waals surface area contributed by atoms with Gasteiger partial charge in [0.25, 0.3) is 0 Å². The second-order valence-corrected chi connectivity index (χ2v) is 7.41. The summed E-state index contributed by atoms with van der Waals surface area (Å²) in [5.74, 6) is 0. The van der Waals surface area contributed by atoms with Crippen molar-refractivity contribution in [3.8, 4) is 22.3 Å². The van der Waals surface area contributed by atoms with Crippen molar-refractivity contribution < 1.29 is 4.39 Å². The molecule has 146 valence electrons. The highest BCUT2D eigenvalue weighted by atomic mass is 19.1. The molecule has 1 heterocycles. The van der Waals surface area contributed by atoms with Crippen LogP contribution in [0, 0.1) is 0 Å². The number of fused-ring (bicyclic) bond motifs is 1. The molecule has 0 amide bonds. The van der Waals surface area contributed by atoms with Gasteiger partial charge in [-0.25, -0.2) is 4.39 Å². The molecule has 4 aromatic rings. The van der Waals surface area contributed by atoms with E-state index in [2.05, 4.69) is 60.4 Å². The number of H-pyrrole nitrogens is 1. The molecule has 0 aliphatic carbocycles. The van der Waals surface area contributed by atoms with Crippen molar-refractivity contribution in [3.05, 3.63) is 89.6 Å². The summed E-state index contributed by atoms with van der Waals surface area (Å²) in [5, 5.41) is 1.08. The van der Waals surface area contributed by atoms with E-state index in [0.29, 0.717) is 5.69 Å². The molecule has 1 nitrogen and oxygen atoms in total. The summed E-state index contributed by atoms with van der Waals surface area (Å²) in [6.45, 7) is 3.66.